The maximum Gasteiger partial charge on any atom is 0.364 e. The highest BCUT2D eigenvalue weighted by Gasteiger charge is 2.22. The van der Waals surface area contributed by atoms with E-state index in [0.29, 0.717) is 0 Å². The van der Waals surface area contributed by atoms with E-state index in [1.54, 1.807) is 0 Å². The molecule has 0 N–H and O–H groups in total. The number of pyridine rings is 1. The third-order valence-electron chi connectivity index (χ3n) is 1.17. The second-order valence-electron chi connectivity index (χ2n) is 1.88. The molecule has 1 aromatic heterocycles. The molecular formula is C7H7N3O4. The first kappa shape index (κ1) is 11.7. The molecule has 14 heavy (non-hydrogen) atoms. The van der Waals surface area contributed by atoms with Crippen molar-refractivity contribution in [3.8, 4) is 0 Å². The monoisotopic (exact) mass is 197 g/mol. The molecule has 0 saturated carbocycles. The standard InChI is InChI=1S/C5H3N3O4.C2H4/c9-7(10)4-1-2-6-3-5(4)8(11)12;1-2/h1-3H;1-2H2. The van der Waals surface area contributed by atoms with Crippen molar-refractivity contribution in [2.75, 3.05) is 0 Å². The fourth-order valence-electron chi connectivity index (χ4n) is 0.674. The Morgan fingerprint density at radius 2 is 1.64 bits per heavy atom. The fourth-order valence-corrected chi connectivity index (χ4v) is 0.674. The van der Waals surface area contributed by atoms with E-state index in [-0.39, 0.29) is 0 Å². The molecule has 0 amide bonds. The Balaban J connectivity index is 0.000000791. The van der Waals surface area contributed by atoms with Crippen molar-refractivity contribution in [2.45, 2.75) is 0 Å². The third-order valence-corrected chi connectivity index (χ3v) is 1.17. The lowest BCUT2D eigenvalue weighted by Crippen LogP contribution is -1.96. The van der Waals surface area contributed by atoms with Gasteiger partial charge in [-0.1, -0.05) is 0 Å². The summed E-state index contributed by atoms with van der Waals surface area (Å²) < 4.78 is 0. The molecule has 1 heterocycles. The number of nitrogens with zero attached hydrogens (tertiary/aromatic N) is 3. The zero-order valence-electron chi connectivity index (χ0n) is 7.12. The Labute approximate surface area is 79.0 Å². The molecule has 0 aliphatic rings. The molecule has 0 radical (unpaired) electrons. The van der Waals surface area contributed by atoms with E-state index < -0.39 is 21.2 Å². The van der Waals surface area contributed by atoms with Crippen LogP contribution in [-0.4, -0.2) is 14.8 Å². The predicted octanol–water partition coefficient (Wildman–Crippen LogP) is 1.70. The van der Waals surface area contributed by atoms with Crippen LogP contribution in [0.25, 0.3) is 0 Å². The van der Waals surface area contributed by atoms with Crippen LogP contribution in [0.1, 0.15) is 0 Å². The van der Waals surface area contributed by atoms with E-state index in [4.69, 9.17) is 0 Å². The Bertz CT molecular complexity index is 320. The van der Waals surface area contributed by atoms with Crippen LogP contribution in [0.2, 0.25) is 0 Å². The zero-order valence-corrected chi connectivity index (χ0v) is 7.12. The fraction of sp³-hybridized carbons (Fsp3) is 0. The van der Waals surface area contributed by atoms with Gasteiger partial charge in [-0.15, -0.1) is 13.2 Å². The lowest BCUT2D eigenvalue weighted by molar-refractivity contribution is -0.422. The van der Waals surface area contributed by atoms with Gasteiger partial charge in [-0.3, -0.25) is 25.2 Å². The highest BCUT2D eigenvalue weighted by Crippen LogP contribution is 2.23. The van der Waals surface area contributed by atoms with Crippen molar-refractivity contribution in [3.05, 3.63) is 51.8 Å². The van der Waals surface area contributed by atoms with Crippen LogP contribution in [0.5, 0.6) is 0 Å². The summed E-state index contributed by atoms with van der Waals surface area (Å²) in [5, 5.41) is 20.4. The van der Waals surface area contributed by atoms with Gasteiger partial charge in [0.25, 0.3) is 0 Å². The van der Waals surface area contributed by atoms with Gasteiger partial charge in [0.1, 0.15) is 6.20 Å². The van der Waals surface area contributed by atoms with E-state index in [1.165, 1.54) is 0 Å². The van der Waals surface area contributed by atoms with Crippen molar-refractivity contribution >= 4 is 11.4 Å². The molecule has 0 bridgehead atoms. The number of hydrogen-bond acceptors (Lipinski definition) is 5. The third kappa shape index (κ3) is 2.63. The summed E-state index contributed by atoms with van der Waals surface area (Å²) >= 11 is 0. The van der Waals surface area contributed by atoms with Gasteiger partial charge in [0.15, 0.2) is 0 Å². The van der Waals surface area contributed by atoms with E-state index in [9.17, 15) is 20.2 Å². The van der Waals surface area contributed by atoms with Gasteiger partial charge in [-0.25, -0.2) is 0 Å². The molecule has 0 unspecified atom stereocenters. The summed E-state index contributed by atoms with van der Waals surface area (Å²) in [6, 6.07) is 0.984. The highest BCUT2D eigenvalue weighted by atomic mass is 16.6. The van der Waals surface area contributed by atoms with Gasteiger partial charge >= 0.3 is 11.4 Å². The van der Waals surface area contributed by atoms with Gasteiger partial charge < -0.3 is 0 Å². The van der Waals surface area contributed by atoms with Crippen LogP contribution in [0.15, 0.2) is 31.6 Å². The topological polar surface area (TPSA) is 99.2 Å². The van der Waals surface area contributed by atoms with Crippen LogP contribution in [0.3, 0.4) is 0 Å². The maximum absolute atomic E-state index is 10.2. The minimum atomic E-state index is -0.842. The summed E-state index contributed by atoms with van der Waals surface area (Å²) in [6.07, 6.45) is 1.98. The Morgan fingerprint density at radius 1 is 1.14 bits per heavy atom. The van der Waals surface area contributed by atoms with Crippen molar-refractivity contribution in [2.24, 2.45) is 0 Å². The van der Waals surface area contributed by atoms with Crippen molar-refractivity contribution in [1.29, 1.82) is 0 Å². The largest absolute Gasteiger partial charge is 0.364 e. The molecule has 0 aliphatic heterocycles. The second-order valence-corrected chi connectivity index (χ2v) is 1.88. The maximum atomic E-state index is 10.2. The van der Waals surface area contributed by atoms with Gasteiger partial charge in [0.2, 0.25) is 0 Å². The molecule has 74 valence electrons. The number of nitro groups is 2. The zero-order chi connectivity index (χ0) is 11.1. The molecule has 0 fully saturated rings. The van der Waals surface area contributed by atoms with Gasteiger partial charge in [-0.05, 0) is 0 Å². The molecule has 1 rings (SSSR count). The lowest BCUT2D eigenvalue weighted by atomic mass is 10.4. The molecule has 0 atom stereocenters. The smallest absolute Gasteiger partial charge is 0.258 e. The highest BCUT2D eigenvalue weighted by molar-refractivity contribution is 5.49. The number of hydrogen-bond donors (Lipinski definition) is 0. The Morgan fingerprint density at radius 3 is 2.00 bits per heavy atom. The second kappa shape index (κ2) is 5.36. The van der Waals surface area contributed by atoms with Crippen molar-refractivity contribution in [1.82, 2.24) is 4.98 Å². The van der Waals surface area contributed by atoms with Gasteiger partial charge in [-0.2, -0.15) is 0 Å². The Hall–Kier alpha value is -2.31. The first-order chi connectivity index (χ1) is 6.63. The number of aromatic nitrogens is 1. The molecular weight excluding hydrogens is 190 g/mol. The van der Waals surface area contributed by atoms with Gasteiger partial charge in [0.05, 0.1) is 9.85 Å². The van der Waals surface area contributed by atoms with Crippen LogP contribution in [0, 0.1) is 20.2 Å². The predicted molar refractivity (Wildman–Crippen MR) is 48.8 cm³/mol. The SMILES string of the molecule is C=C.O=[N+]([O-])c1ccncc1[N+](=O)[O-]. The normalized spacial score (nSPS) is 8.29. The summed E-state index contributed by atoms with van der Waals surface area (Å²) in [5.74, 6) is 0. The van der Waals surface area contributed by atoms with Crippen LogP contribution in [-0.2, 0) is 0 Å². The quantitative estimate of drug-likeness (QED) is 0.408. The van der Waals surface area contributed by atoms with Crippen LogP contribution in [0.4, 0.5) is 11.4 Å². The van der Waals surface area contributed by atoms with E-state index in [2.05, 4.69) is 18.1 Å². The summed E-state index contributed by atoms with van der Waals surface area (Å²) in [6.45, 7) is 6.00. The van der Waals surface area contributed by atoms with E-state index >= 15 is 0 Å². The molecule has 0 spiro atoms. The minimum Gasteiger partial charge on any atom is -0.258 e. The molecule has 0 aromatic carbocycles. The Kier molecular flexibility index (Phi) is 4.47. The van der Waals surface area contributed by atoms with Crippen molar-refractivity contribution in [3.63, 3.8) is 0 Å². The summed E-state index contributed by atoms with van der Waals surface area (Å²) in [4.78, 5) is 22.1. The summed E-state index contributed by atoms with van der Waals surface area (Å²) in [5.41, 5.74) is -1.14. The van der Waals surface area contributed by atoms with Crippen LogP contribution >= 0.6 is 0 Å². The molecule has 7 heteroatoms. The molecule has 7 nitrogen and oxygen atoms in total. The lowest BCUT2D eigenvalue weighted by Gasteiger charge is -1.91. The van der Waals surface area contributed by atoms with Crippen molar-refractivity contribution < 1.29 is 9.85 Å². The molecule has 1 aromatic rings. The van der Waals surface area contributed by atoms with E-state index in [1.807, 2.05) is 0 Å². The van der Waals surface area contributed by atoms with Gasteiger partial charge in [0, 0.05) is 12.3 Å². The minimum absolute atomic E-state index is 0.546. The van der Waals surface area contributed by atoms with E-state index in [0.717, 1.165) is 18.5 Å². The van der Waals surface area contributed by atoms with Crippen LogP contribution < -0.4 is 0 Å². The number of rotatable bonds is 2. The average molecular weight is 197 g/mol. The molecule has 0 aliphatic carbocycles. The first-order valence-corrected chi connectivity index (χ1v) is 3.35. The average Bonchev–Trinajstić information content (AvgIpc) is 2.20. The first-order valence-electron chi connectivity index (χ1n) is 3.35. The molecule has 0 saturated heterocycles. The summed E-state index contributed by atoms with van der Waals surface area (Å²) in [7, 11) is 0.